The minimum Gasteiger partial charge on any atom is -2.00 e. The molecule has 0 spiro atoms. The van der Waals surface area contributed by atoms with Crippen LogP contribution in [0.1, 0.15) is 0 Å². The summed E-state index contributed by atoms with van der Waals surface area (Å²) >= 11 is 0. The van der Waals surface area contributed by atoms with E-state index in [1.165, 1.54) is 0 Å². The van der Waals surface area contributed by atoms with Gasteiger partial charge in [0.25, 0.3) is 0 Å². The Morgan fingerprint density at radius 1 is 0.833 bits per heavy atom. The van der Waals surface area contributed by atoms with Gasteiger partial charge in [0.2, 0.25) is 0 Å². The fraction of sp³-hybridized carbons (Fsp3) is 1.00. The van der Waals surface area contributed by atoms with Gasteiger partial charge in [0.1, 0.15) is 18.3 Å². The molecule has 0 amide bonds. The van der Waals surface area contributed by atoms with Crippen LogP contribution in [0.5, 0.6) is 0 Å². The standard InChI is InChI=1S/C5H12O5.H3O4P.2O.Ti/c6-1-3(8)5(10)4(9)2-7;1-5(2,3)4;;;/h3-10H,1-2H2;(H3,1,2,3,4);;;/q;;2*-2;+4/t3-,4+,5?;;;;. The first-order valence-corrected chi connectivity index (χ1v) is 5.24. The first-order chi connectivity index (χ1) is 6.63. The molecule has 0 saturated heterocycles. The minimum atomic E-state index is -4.64. The molecule has 0 aromatic rings. The van der Waals surface area contributed by atoms with E-state index in [0.29, 0.717) is 0 Å². The van der Waals surface area contributed by atoms with Crippen molar-refractivity contribution in [2.24, 2.45) is 0 Å². The summed E-state index contributed by atoms with van der Waals surface area (Å²) in [5, 5.41) is 42.6. The van der Waals surface area contributed by atoms with Gasteiger partial charge in [0.15, 0.2) is 0 Å². The van der Waals surface area contributed by atoms with Crippen LogP contribution in [0.15, 0.2) is 0 Å². The quantitative estimate of drug-likeness (QED) is 0.184. The Kier molecular flexibility index (Phi) is 27.0. The molecule has 0 aromatic carbocycles. The minimum absolute atomic E-state index is 0. The summed E-state index contributed by atoms with van der Waals surface area (Å²) in [6.45, 7) is -1.28. The van der Waals surface area contributed by atoms with Crippen molar-refractivity contribution in [2.45, 2.75) is 18.3 Å². The molecule has 0 rings (SSSR count). The first kappa shape index (κ1) is 31.1. The summed E-state index contributed by atoms with van der Waals surface area (Å²) in [7, 11) is -4.64. The normalized spacial score (nSPS) is 14.4. The number of hydrogen-bond acceptors (Lipinski definition) is 6. The van der Waals surface area contributed by atoms with Crippen LogP contribution in [-0.2, 0) is 37.2 Å². The van der Waals surface area contributed by atoms with E-state index in [0.717, 1.165) is 0 Å². The summed E-state index contributed by atoms with van der Waals surface area (Å²) in [5.74, 6) is 0. The molecule has 0 aliphatic carbocycles. The van der Waals surface area contributed by atoms with Crippen molar-refractivity contribution in [1.82, 2.24) is 0 Å². The van der Waals surface area contributed by atoms with E-state index >= 15 is 0 Å². The molecule has 0 aliphatic heterocycles. The van der Waals surface area contributed by atoms with E-state index in [1.807, 2.05) is 0 Å². The van der Waals surface area contributed by atoms with E-state index in [-0.39, 0.29) is 32.7 Å². The molecule has 11 nitrogen and oxygen atoms in total. The molecule has 8 N–H and O–H groups in total. The SMILES string of the molecule is O=P(O)(O)O.OC[C@@H](O)C(O)[C@@H](O)CO.[O-2].[O-2].[Ti+4]. The maximum Gasteiger partial charge on any atom is 4.00 e. The van der Waals surface area contributed by atoms with Gasteiger partial charge >= 0.3 is 29.5 Å². The summed E-state index contributed by atoms with van der Waals surface area (Å²) in [5.41, 5.74) is 0. The third kappa shape index (κ3) is 25.4. The van der Waals surface area contributed by atoms with Crippen molar-refractivity contribution in [3.63, 3.8) is 0 Å². The Morgan fingerprint density at radius 3 is 1.11 bits per heavy atom. The fourth-order valence-corrected chi connectivity index (χ4v) is 0.472. The van der Waals surface area contributed by atoms with Gasteiger partial charge in [-0.25, -0.2) is 4.57 Å². The molecule has 18 heavy (non-hydrogen) atoms. The Morgan fingerprint density at radius 2 is 1.00 bits per heavy atom. The molecule has 0 saturated carbocycles. The van der Waals surface area contributed by atoms with Crippen LogP contribution >= 0.6 is 7.82 Å². The maximum absolute atomic E-state index is 8.88. The van der Waals surface area contributed by atoms with Gasteiger partial charge in [-0.1, -0.05) is 0 Å². The van der Waals surface area contributed by atoms with E-state index in [2.05, 4.69) is 0 Å². The topological polar surface area (TPSA) is 236 Å². The van der Waals surface area contributed by atoms with Gasteiger partial charge < -0.3 is 51.2 Å². The van der Waals surface area contributed by atoms with Crippen molar-refractivity contribution >= 4 is 7.82 Å². The van der Waals surface area contributed by atoms with Crippen molar-refractivity contribution < 1.29 is 77.4 Å². The Bertz CT molecular complexity index is 180. The molecule has 0 aliphatic rings. The number of phosphoric acid groups is 1. The van der Waals surface area contributed by atoms with Gasteiger partial charge in [-0.3, -0.25) is 0 Å². The second-order valence-electron chi connectivity index (χ2n) is 2.50. The summed E-state index contributed by atoms with van der Waals surface area (Å²) < 4.78 is 8.88. The van der Waals surface area contributed by atoms with Crippen LogP contribution in [-0.4, -0.2) is 71.7 Å². The third-order valence-corrected chi connectivity index (χ3v) is 1.16. The fourth-order valence-electron chi connectivity index (χ4n) is 0.472. The molecular formula is C5H15O11PTi. The zero-order chi connectivity index (χ0) is 12.6. The summed E-state index contributed by atoms with van der Waals surface area (Å²) in [4.78, 5) is 21.6. The second kappa shape index (κ2) is 15.6. The smallest absolute Gasteiger partial charge is 2.00 e. The van der Waals surface area contributed by atoms with Crippen LogP contribution in [0.4, 0.5) is 0 Å². The Hall–Kier alpha value is 0.544. The van der Waals surface area contributed by atoms with Crippen molar-refractivity contribution in [2.75, 3.05) is 13.2 Å². The van der Waals surface area contributed by atoms with Crippen LogP contribution < -0.4 is 0 Å². The maximum atomic E-state index is 8.88. The number of rotatable bonds is 4. The molecule has 13 heteroatoms. The number of aliphatic hydroxyl groups excluding tert-OH is 5. The van der Waals surface area contributed by atoms with Gasteiger partial charge in [-0.2, -0.15) is 0 Å². The van der Waals surface area contributed by atoms with E-state index in [1.54, 1.807) is 0 Å². The predicted molar refractivity (Wildman–Crippen MR) is 47.8 cm³/mol. The molecule has 3 atom stereocenters. The van der Waals surface area contributed by atoms with E-state index < -0.39 is 39.3 Å². The average molecular weight is 330 g/mol. The number of hydrogen-bond donors (Lipinski definition) is 8. The molecule has 1 unspecified atom stereocenters. The number of aliphatic hydroxyl groups is 5. The molecule has 0 heterocycles. The van der Waals surface area contributed by atoms with Crippen molar-refractivity contribution in [3.05, 3.63) is 0 Å². The predicted octanol–water partition coefficient (Wildman–Crippen LogP) is -4.11. The zero-order valence-corrected chi connectivity index (χ0v) is 11.4. The summed E-state index contributed by atoms with van der Waals surface area (Å²) in [6, 6.07) is 0. The van der Waals surface area contributed by atoms with Gasteiger partial charge in [-0.15, -0.1) is 0 Å². The molecular weight excluding hydrogens is 315 g/mol. The monoisotopic (exact) mass is 330 g/mol. The van der Waals surface area contributed by atoms with Crippen molar-refractivity contribution in [3.8, 4) is 0 Å². The third-order valence-electron chi connectivity index (χ3n) is 1.16. The average Bonchev–Trinajstić information content (AvgIpc) is 2.11. The van der Waals surface area contributed by atoms with Crippen LogP contribution in [0.2, 0.25) is 0 Å². The van der Waals surface area contributed by atoms with E-state index in [4.69, 9.17) is 44.8 Å². The van der Waals surface area contributed by atoms with Crippen molar-refractivity contribution in [1.29, 1.82) is 0 Å². The van der Waals surface area contributed by atoms with Gasteiger partial charge in [0, 0.05) is 0 Å². The van der Waals surface area contributed by atoms with Crippen LogP contribution in [0.25, 0.3) is 0 Å². The van der Waals surface area contributed by atoms with Gasteiger partial charge in [0.05, 0.1) is 13.2 Å². The molecule has 110 valence electrons. The Balaban J connectivity index is -0.0000000621. The van der Waals surface area contributed by atoms with E-state index in [9.17, 15) is 0 Å². The largest absolute Gasteiger partial charge is 4.00 e. The second-order valence-corrected chi connectivity index (χ2v) is 3.53. The molecule has 0 radical (unpaired) electrons. The molecule has 0 fully saturated rings. The summed E-state index contributed by atoms with van der Waals surface area (Å²) in [6.07, 6.45) is -4.29. The van der Waals surface area contributed by atoms with Gasteiger partial charge in [-0.05, 0) is 0 Å². The zero-order valence-electron chi connectivity index (χ0n) is 8.90. The first-order valence-electron chi connectivity index (χ1n) is 3.67. The van der Waals surface area contributed by atoms with Crippen LogP contribution in [0, 0.1) is 0 Å². The molecule has 0 aromatic heterocycles. The Labute approximate surface area is 117 Å². The van der Waals surface area contributed by atoms with Crippen LogP contribution in [0.3, 0.4) is 0 Å². The molecule has 0 bridgehead atoms.